The molecule has 0 bridgehead atoms. The molecule has 3 heterocycles. The van der Waals surface area contributed by atoms with Gasteiger partial charge < -0.3 is 4.98 Å². The smallest absolute Gasteiger partial charge is 0.134 e. The Morgan fingerprint density at radius 1 is 1.31 bits per heavy atom. The molecule has 5 heteroatoms. The van der Waals surface area contributed by atoms with Gasteiger partial charge in [0.05, 0.1) is 5.25 Å². The number of fused-ring (bicyclic) bond motifs is 1. The van der Waals surface area contributed by atoms with Gasteiger partial charge >= 0.3 is 0 Å². The zero-order valence-electron chi connectivity index (χ0n) is 8.99. The summed E-state index contributed by atoms with van der Waals surface area (Å²) >= 11 is 9.33. The molecule has 2 aliphatic rings. The molecular weight excluding hydrogens is 256 g/mol. The number of nitrogens with one attached hydrogen (secondary N) is 1. The first kappa shape index (κ1) is 11.1. The van der Waals surface area contributed by atoms with Gasteiger partial charge in [-0.3, -0.25) is 0 Å². The highest BCUT2D eigenvalue weighted by molar-refractivity contribution is 7.99. The number of rotatable bonds is 1. The minimum Gasteiger partial charge on any atom is -0.345 e. The number of aromatic nitrogens is 2. The lowest BCUT2D eigenvalue weighted by Gasteiger charge is -2.20. The highest BCUT2D eigenvalue weighted by Crippen LogP contribution is 2.38. The van der Waals surface area contributed by atoms with E-state index in [2.05, 4.69) is 9.97 Å². The van der Waals surface area contributed by atoms with Gasteiger partial charge in [0, 0.05) is 22.8 Å². The summed E-state index contributed by atoms with van der Waals surface area (Å²) in [4.78, 5) is 8.11. The standard InChI is InChI=1S/C11H14N2S3/c14-11-7-5-15-6-8(7)12-10(13-11)9-3-1-2-4-16-9/h9H,1-6H2,(H,12,13,14). The number of nitrogens with zero attached hydrogens (tertiary/aromatic N) is 1. The molecule has 1 aromatic rings. The van der Waals surface area contributed by atoms with Crippen LogP contribution in [0.1, 0.15) is 41.6 Å². The van der Waals surface area contributed by atoms with Gasteiger partial charge in [0.15, 0.2) is 0 Å². The third-order valence-corrected chi connectivity index (χ3v) is 5.81. The second kappa shape index (κ2) is 4.70. The van der Waals surface area contributed by atoms with Crippen LogP contribution in [-0.2, 0) is 11.5 Å². The Morgan fingerprint density at radius 3 is 3.06 bits per heavy atom. The van der Waals surface area contributed by atoms with Gasteiger partial charge in [-0.15, -0.1) is 0 Å². The van der Waals surface area contributed by atoms with Crippen molar-refractivity contribution in [1.82, 2.24) is 9.97 Å². The predicted octanol–water partition coefficient (Wildman–Crippen LogP) is 3.84. The fourth-order valence-electron chi connectivity index (χ4n) is 2.20. The summed E-state index contributed by atoms with van der Waals surface area (Å²) in [5.41, 5.74) is 2.59. The average molecular weight is 270 g/mol. The van der Waals surface area contributed by atoms with E-state index < -0.39 is 0 Å². The van der Waals surface area contributed by atoms with Crippen molar-refractivity contribution in [2.24, 2.45) is 0 Å². The van der Waals surface area contributed by atoms with Crippen LogP contribution in [0.15, 0.2) is 0 Å². The maximum absolute atomic E-state index is 5.38. The summed E-state index contributed by atoms with van der Waals surface area (Å²) in [5, 5.41) is 0.548. The van der Waals surface area contributed by atoms with Crippen molar-refractivity contribution in [3.63, 3.8) is 0 Å². The molecule has 2 aliphatic heterocycles. The van der Waals surface area contributed by atoms with Crippen LogP contribution < -0.4 is 0 Å². The molecule has 0 aromatic carbocycles. The minimum absolute atomic E-state index is 0.548. The van der Waals surface area contributed by atoms with Crippen molar-refractivity contribution in [2.45, 2.75) is 36.0 Å². The maximum atomic E-state index is 5.38. The van der Waals surface area contributed by atoms with Crippen LogP contribution in [0.2, 0.25) is 0 Å². The van der Waals surface area contributed by atoms with Crippen molar-refractivity contribution in [1.29, 1.82) is 0 Å². The summed E-state index contributed by atoms with van der Waals surface area (Å²) < 4.78 is 0.833. The summed E-state index contributed by atoms with van der Waals surface area (Å²) in [6.07, 6.45) is 3.92. The van der Waals surface area contributed by atoms with Crippen LogP contribution in [0.3, 0.4) is 0 Å². The Bertz CT molecular complexity index is 449. The van der Waals surface area contributed by atoms with Crippen LogP contribution in [0.5, 0.6) is 0 Å². The van der Waals surface area contributed by atoms with Crippen molar-refractivity contribution in [3.8, 4) is 0 Å². The Kier molecular flexibility index (Phi) is 3.27. The SMILES string of the molecule is S=c1nc(C2CCCCS2)[nH]c2c1CSC2. The number of hydrogen-bond acceptors (Lipinski definition) is 4. The highest BCUT2D eigenvalue weighted by atomic mass is 32.2. The molecule has 1 fully saturated rings. The molecule has 1 atom stereocenters. The Morgan fingerprint density at radius 2 is 2.25 bits per heavy atom. The average Bonchev–Trinajstić information content (AvgIpc) is 2.79. The molecule has 0 saturated carbocycles. The number of aromatic amines is 1. The summed E-state index contributed by atoms with van der Waals surface area (Å²) in [6.45, 7) is 0. The maximum Gasteiger partial charge on any atom is 0.134 e. The van der Waals surface area contributed by atoms with Gasteiger partial charge in [0.2, 0.25) is 0 Å². The van der Waals surface area contributed by atoms with Crippen molar-refractivity contribution < 1.29 is 0 Å². The van der Waals surface area contributed by atoms with Gasteiger partial charge in [-0.25, -0.2) is 4.98 Å². The summed E-state index contributed by atoms with van der Waals surface area (Å²) in [7, 11) is 0. The first-order valence-electron chi connectivity index (χ1n) is 5.66. The van der Waals surface area contributed by atoms with E-state index in [1.54, 1.807) is 0 Å². The molecule has 0 amide bonds. The lowest BCUT2D eigenvalue weighted by molar-refractivity contribution is 0.658. The Balaban J connectivity index is 1.96. The molecule has 0 spiro atoms. The van der Waals surface area contributed by atoms with Gasteiger partial charge in [-0.2, -0.15) is 23.5 Å². The lowest BCUT2D eigenvalue weighted by Crippen LogP contribution is -2.08. The molecule has 0 radical (unpaired) electrons. The number of hydrogen-bond donors (Lipinski definition) is 1. The molecule has 86 valence electrons. The van der Waals surface area contributed by atoms with E-state index in [1.807, 2.05) is 23.5 Å². The van der Waals surface area contributed by atoms with Gasteiger partial charge in [0.1, 0.15) is 10.5 Å². The van der Waals surface area contributed by atoms with E-state index in [0.29, 0.717) is 5.25 Å². The van der Waals surface area contributed by atoms with Crippen LogP contribution in [0.4, 0.5) is 0 Å². The molecule has 3 rings (SSSR count). The number of thioether (sulfide) groups is 2. The third-order valence-electron chi connectivity index (χ3n) is 3.10. The molecule has 1 saturated heterocycles. The van der Waals surface area contributed by atoms with Crippen LogP contribution in [-0.4, -0.2) is 15.7 Å². The van der Waals surface area contributed by atoms with Crippen molar-refractivity contribution in [2.75, 3.05) is 5.75 Å². The van der Waals surface area contributed by atoms with E-state index in [9.17, 15) is 0 Å². The van der Waals surface area contributed by atoms with Gasteiger partial charge in [0.25, 0.3) is 0 Å². The highest BCUT2D eigenvalue weighted by Gasteiger charge is 2.21. The molecular formula is C11H14N2S3. The first-order chi connectivity index (χ1) is 7.84. The van der Waals surface area contributed by atoms with E-state index in [1.165, 1.54) is 36.3 Å². The normalized spacial score (nSPS) is 24.4. The first-order valence-corrected chi connectivity index (χ1v) is 8.27. The second-order valence-electron chi connectivity index (χ2n) is 4.23. The van der Waals surface area contributed by atoms with Crippen LogP contribution in [0, 0.1) is 4.64 Å². The predicted molar refractivity (Wildman–Crippen MR) is 73.5 cm³/mol. The minimum atomic E-state index is 0.548. The van der Waals surface area contributed by atoms with E-state index in [-0.39, 0.29) is 0 Å². The molecule has 1 aromatic heterocycles. The van der Waals surface area contributed by atoms with Crippen LogP contribution >= 0.6 is 35.7 Å². The lowest BCUT2D eigenvalue weighted by atomic mass is 10.1. The topological polar surface area (TPSA) is 28.7 Å². The zero-order valence-corrected chi connectivity index (χ0v) is 11.4. The van der Waals surface area contributed by atoms with Crippen LogP contribution in [0.25, 0.3) is 0 Å². The fraction of sp³-hybridized carbons (Fsp3) is 0.636. The van der Waals surface area contributed by atoms with E-state index in [0.717, 1.165) is 22.0 Å². The largest absolute Gasteiger partial charge is 0.345 e. The second-order valence-corrected chi connectivity index (χ2v) is 6.92. The molecule has 0 aliphatic carbocycles. The van der Waals surface area contributed by atoms with Gasteiger partial charge in [-0.05, 0) is 18.6 Å². The van der Waals surface area contributed by atoms with Gasteiger partial charge in [-0.1, -0.05) is 18.6 Å². The van der Waals surface area contributed by atoms with E-state index in [4.69, 9.17) is 12.2 Å². The molecule has 16 heavy (non-hydrogen) atoms. The molecule has 1 unspecified atom stereocenters. The molecule has 2 nitrogen and oxygen atoms in total. The quantitative estimate of drug-likeness (QED) is 0.785. The Labute approximate surface area is 109 Å². The zero-order chi connectivity index (χ0) is 11.0. The van der Waals surface area contributed by atoms with Crippen molar-refractivity contribution in [3.05, 3.63) is 21.7 Å². The third kappa shape index (κ3) is 2.05. The summed E-state index contributed by atoms with van der Waals surface area (Å²) in [5.74, 6) is 4.50. The molecule has 1 N–H and O–H groups in total. The number of H-pyrrole nitrogens is 1. The van der Waals surface area contributed by atoms with E-state index >= 15 is 0 Å². The Hall–Kier alpha value is -0.000000000000000111. The fourth-order valence-corrected chi connectivity index (χ4v) is 4.91. The summed E-state index contributed by atoms with van der Waals surface area (Å²) in [6, 6.07) is 0. The van der Waals surface area contributed by atoms with Crippen molar-refractivity contribution >= 4 is 35.7 Å². The monoisotopic (exact) mass is 270 g/mol.